The molecule has 0 saturated heterocycles. The van der Waals surface area contributed by atoms with Crippen molar-refractivity contribution in [2.24, 2.45) is 0 Å². The molecule has 0 bridgehead atoms. The molecule has 0 aliphatic rings. The van der Waals surface area contributed by atoms with Crippen LogP contribution in [0.5, 0.6) is 11.5 Å². The number of carbonyl (C=O) groups is 1. The molecule has 0 aromatic heterocycles. The zero-order valence-electron chi connectivity index (χ0n) is 15.4. The zero-order valence-corrected chi connectivity index (χ0v) is 17.0. The number of para-hydroxylation sites is 1. The fraction of sp³-hybridized carbons (Fsp3) is 0.0909. The maximum atomic E-state index is 12.4. The number of rotatable bonds is 7. The van der Waals surface area contributed by atoms with Crippen molar-refractivity contribution in [2.75, 3.05) is 18.5 Å². The minimum Gasteiger partial charge on any atom is -0.490 e. The Hall–Kier alpha value is -3.09. The van der Waals surface area contributed by atoms with E-state index in [1.54, 1.807) is 48.5 Å². The summed E-state index contributed by atoms with van der Waals surface area (Å²) in [4.78, 5) is 12.4. The van der Waals surface area contributed by atoms with Crippen LogP contribution >= 0.6 is 23.8 Å². The zero-order chi connectivity index (χ0) is 20.5. The molecule has 0 radical (unpaired) electrons. The van der Waals surface area contributed by atoms with Crippen LogP contribution in [0.15, 0.2) is 78.9 Å². The van der Waals surface area contributed by atoms with Crippen LogP contribution < -0.4 is 20.1 Å². The molecule has 0 fully saturated rings. The fourth-order valence-electron chi connectivity index (χ4n) is 2.43. The average Bonchev–Trinajstić information content (AvgIpc) is 2.74. The van der Waals surface area contributed by atoms with E-state index >= 15 is 0 Å². The number of nitrogens with one attached hydrogen (secondary N) is 2. The molecule has 0 aliphatic carbocycles. The molecule has 0 aliphatic heterocycles. The third-order valence-electron chi connectivity index (χ3n) is 3.79. The first-order valence-corrected chi connectivity index (χ1v) is 9.67. The van der Waals surface area contributed by atoms with E-state index in [1.165, 1.54) is 0 Å². The largest absolute Gasteiger partial charge is 0.490 e. The topological polar surface area (TPSA) is 59.6 Å². The second kappa shape index (κ2) is 10.5. The molecule has 148 valence electrons. The van der Waals surface area contributed by atoms with Crippen LogP contribution in [-0.2, 0) is 0 Å². The molecule has 0 heterocycles. The van der Waals surface area contributed by atoms with Crippen molar-refractivity contribution < 1.29 is 14.3 Å². The first kappa shape index (κ1) is 20.6. The summed E-state index contributed by atoms with van der Waals surface area (Å²) in [7, 11) is 0. The van der Waals surface area contributed by atoms with Gasteiger partial charge in [-0.25, -0.2) is 0 Å². The van der Waals surface area contributed by atoms with Crippen molar-refractivity contribution in [2.45, 2.75) is 0 Å². The van der Waals surface area contributed by atoms with Gasteiger partial charge in [-0.3, -0.25) is 10.1 Å². The number of hydrogen-bond donors (Lipinski definition) is 2. The predicted molar refractivity (Wildman–Crippen MR) is 119 cm³/mol. The van der Waals surface area contributed by atoms with Crippen LogP contribution in [0.2, 0.25) is 5.02 Å². The molecular weight excluding hydrogens is 408 g/mol. The minimum absolute atomic E-state index is 0.194. The molecule has 3 rings (SSSR count). The van der Waals surface area contributed by atoms with Crippen molar-refractivity contribution in [3.05, 3.63) is 89.4 Å². The standard InChI is InChI=1S/C22H19ClN2O3S/c23-17-9-11-18(12-10-17)24-22(29)25-21(26)16-5-4-8-20(15-16)28-14-13-27-19-6-2-1-3-7-19/h1-12,15H,13-14H2,(H2,24,25,26,29). The van der Waals surface area contributed by atoms with Crippen molar-refractivity contribution in [1.29, 1.82) is 0 Å². The summed E-state index contributed by atoms with van der Waals surface area (Å²) in [6.45, 7) is 0.756. The molecule has 2 N–H and O–H groups in total. The first-order valence-electron chi connectivity index (χ1n) is 8.89. The number of benzene rings is 3. The Kier molecular flexibility index (Phi) is 7.44. The van der Waals surface area contributed by atoms with Gasteiger partial charge in [0, 0.05) is 16.3 Å². The predicted octanol–water partition coefficient (Wildman–Crippen LogP) is 4.92. The number of ether oxygens (including phenoxy) is 2. The van der Waals surface area contributed by atoms with Crippen molar-refractivity contribution in [1.82, 2.24) is 5.32 Å². The molecule has 3 aromatic rings. The Morgan fingerprint density at radius 2 is 1.52 bits per heavy atom. The van der Waals surface area contributed by atoms with Gasteiger partial charge in [-0.05, 0) is 66.8 Å². The van der Waals surface area contributed by atoms with Gasteiger partial charge in [0.2, 0.25) is 0 Å². The molecule has 5 nitrogen and oxygen atoms in total. The van der Waals surface area contributed by atoms with Crippen LogP contribution in [0.3, 0.4) is 0 Å². The van der Waals surface area contributed by atoms with Gasteiger partial charge in [0.1, 0.15) is 24.7 Å². The van der Waals surface area contributed by atoms with Crippen LogP contribution in [-0.4, -0.2) is 24.2 Å². The van der Waals surface area contributed by atoms with Gasteiger partial charge in [0.15, 0.2) is 5.11 Å². The maximum absolute atomic E-state index is 12.4. The highest BCUT2D eigenvalue weighted by Crippen LogP contribution is 2.15. The Morgan fingerprint density at radius 1 is 0.862 bits per heavy atom. The molecule has 0 saturated carbocycles. The van der Waals surface area contributed by atoms with Crippen LogP contribution in [0, 0.1) is 0 Å². The van der Waals surface area contributed by atoms with Gasteiger partial charge >= 0.3 is 0 Å². The van der Waals surface area contributed by atoms with Gasteiger partial charge in [0.05, 0.1) is 0 Å². The highest BCUT2D eigenvalue weighted by molar-refractivity contribution is 7.80. The number of anilines is 1. The lowest BCUT2D eigenvalue weighted by atomic mass is 10.2. The molecule has 3 aromatic carbocycles. The van der Waals surface area contributed by atoms with Gasteiger partial charge in [0.25, 0.3) is 5.91 Å². The van der Waals surface area contributed by atoms with Gasteiger partial charge in [-0.15, -0.1) is 0 Å². The summed E-state index contributed by atoms with van der Waals surface area (Å²) < 4.78 is 11.2. The smallest absolute Gasteiger partial charge is 0.257 e. The Morgan fingerprint density at radius 3 is 2.24 bits per heavy atom. The van der Waals surface area contributed by atoms with E-state index in [4.69, 9.17) is 33.3 Å². The molecule has 29 heavy (non-hydrogen) atoms. The normalized spacial score (nSPS) is 10.1. The number of amides is 1. The molecule has 0 spiro atoms. The molecule has 0 atom stereocenters. The monoisotopic (exact) mass is 426 g/mol. The average molecular weight is 427 g/mol. The van der Waals surface area contributed by atoms with E-state index in [0.717, 1.165) is 11.4 Å². The van der Waals surface area contributed by atoms with E-state index in [1.807, 2.05) is 30.3 Å². The summed E-state index contributed by atoms with van der Waals surface area (Å²) in [6.07, 6.45) is 0. The quantitative estimate of drug-likeness (QED) is 0.414. The Labute approximate surface area is 179 Å². The summed E-state index contributed by atoms with van der Waals surface area (Å²) in [5, 5.41) is 6.39. The number of carbonyl (C=O) groups excluding carboxylic acids is 1. The maximum Gasteiger partial charge on any atom is 0.257 e. The van der Waals surface area contributed by atoms with Crippen LogP contribution in [0.1, 0.15) is 10.4 Å². The second-order valence-corrected chi connectivity index (χ2v) is 6.80. The van der Waals surface area contributed by atoms with Crippen molar-refractivity contribution in [3.8, 4) is 11.5 Å². The van der Waals surface area contributed by atoms with Crippen molar-refractivity contribution in [3.63, 3.8) is 0 Å². The third kappa shape index (κ3) is 6.78. The molecular formula is C22H19ClN2O3S. The van der Waals surface area contributed by atoms with E-state index in [-0.39, 0.29) is 11.0 Å². The van der Waals surface area contributed by atoms with Crippen molar-refractivity contribution >= 4 is 40.5 Å². The summed E-state index contributed by atoms with van der Waals surface area (Å²) in [5.41, 5.74) is 1.17. The van der Waals surface area contributed by atoms with Crippen LogP contribution in [0.4, 0.5) is 5.69 Å². The Balaban J connectivity index is 1.48. The van der Waals surface area contributed by atoms with E-state index in [2.05, 4.69) is 10.6 Å². The third-order valence-corrected chi connectivity index (χ3v) is 4.25. The highest BCUT2D eigenvalue weighted by Gasteiger charge is 2.09. The van der Waals surface area contributed by atoms with Gasteiger partial charge in [-0.2, -0.15) is 0 Å². The van der Waals surface area contributed by atoms with E-state index in [9.17, 15) is 4.79 Å². The summed E-state index contributed by atoms with van der Waals surface area (Å²) in [6, 6.07) is 23.4. The van der Waals surface area contributed by atoms with Crippen LogP contribution in [0.25, 0.3) is 0 Å². The fourth-order valence-corrected chi connectivity index (χ4v) is 2.77. The van der Waals surface area contributed by atoms with E-state index < -0.39 is 0 Å². The lowest BCUT2D eigenvalue weighted by molar-refractivity contribution is 0.0977. The minimum atomic E-state index is -0.331. The molecule has 0 unspecified atom stereocenters. The summed E-state index contributed by atoms with van der Waals surface area (Å²) in [5.74, 6) is 1.03. The first-order chi connectivity index (χ1) is 14.1. The SMILES string of the molecule is O=C(NC(=S)Nc1ccc(Cl)cc1)c1cccc(OCCOc2ccccc2)c1. The molecule has 7 heteroatoms. The second-order valence-electron chi connectivity index (χ2n) is 5.95. The number of hydrogen-bond acceptors (Lipinski definition) is 4. The van der Waals surface area contributed by atoms with Gasteiger partial charge in [-0.1, -0.05) is 35.9 Å². The lowest BCUT2D eigenvalue weighted by Crippen LogP contribution is -2.34. The highest BCUT2D eigenvalue weighted by atomic mass is 35.5. The van der Waals surface area contributed by atoms with Gasteiger partial charge < -0.3 is 14.8 Å². The van der Waals surface area contributed by atoms with E-state index in [0.29, 0.717) is 29.5 Å². The summed E-state index contributed by atoms with van der Waals surface area (Å²) >= 11 is 11.0. The lowest BCUT2D eigenvalue weighted by Gasteiger charge is -2.11. The number of halogens is 1. The Bertz CT molecular complexity index is 965. The molecule has 1 amide bonds. The number of thiocarbonyl (C=S) groups is 1.